The van der Waals surface area contributed by atoms with E-state index in [0.717, 1.165) is 16.7 Å². The first-order valence-electron chi connectivity index (χ1n) is 9.81. The number of thioether (sulfide) groups is 1. The maximum atomic E-state index is 11.8. The second-order valence-electron chi connectivity index (χ2n) is 6.75. The molecule has 0 aromatic heterocycles. The summed E-state index contributed by atoms with van der Waals surface area (Å²) in [6.07, 6.45) is -0.787. The molecule has 0 fully saturated rings. The number of aliphatic hydroxyl groups excluding tert-OH is 1. The molecule has 1 atom stereocenters. The van der Waals surface area contributed by atoms with Crippen molar-refractivity contribution in [2.75, 3.05) is 12.4 Å². The average molecular weight is 407 g/mol. The van der Waals surface area contributed by atoms with Crippen LogP contribution in [0.4, 0.5) is 0 Å². The van der Waals surface area contributed by atoms with Gasteiger partial charge in [-0.3, -0.25) is 4.79 Å². The molecule has 0 heterocycles. The number of hydrogen-bond donors (Lipinski definition) is 1. The van der Waals surface area contributed by atoms with Crippen molar-refractivity contribution in [3.63, 3.8) is 0 Å². The third-order valence-electron chi connectivity index (χ3n) is 4.74. The van der Waals surface area contributed by atoms with Gasteiger partial charge in [-0.15, -0.1) is 11.8 Å². The number of hydrogen-bond acceptors (Lipinski definition) is 4. The Morgan fingerprint density at radius 2 is 1.28 bits per heavy atom. The lowest BCUT2D eigenvalue weighted by Gasteiger charge is -2.36. The van der Waals surface area contributed by atoms with Crippen molar-refractivity contribution < 1.29 is 14.6 Å². The van der Waals surface area contributed by atoms with E-state index in [1.165, 1.54) is 0 Å². The fourth-order valence-electron chi connectivity index (χ4n) is 3.46. The molecule has 1 N–H and O–H groups in total. The molecule has 0 radical (unpaired) electrons. The summed E-state index contributed by atoms with van der Waals surface area (Å²) in [5.41, 5.74) is 3.39. The van der Waals surface area contributed by atoms with Gasteiger partial charge in [0.05, 0.1) is 23.9 Å². The molecule has 3 aromatic rings. The summed E-state index contributed by atoms with van der Waals surface area (Å²) < 4.78 is 4.49. The predicted molar refractivity (Wildman–Crippen MR) is 119 cm³/mol. The standard InChI is InChI=1S/C25H26O3S/c1-2-28-24(27)18-23(26)19-29-25(20-12-6-3-7-13-20,21-14-8-4-9-15-21)22-16-10-5-11-17-22/h3-17,23,26H,2,18-19H2,1H3. The number of ether oxygens (including phenoxy) is 1. The number of aliphatic hydroxyl groups is 1. The summed E-state index contributed by atoms with van der Waals surface area (Å²) in [7, 11) is 0. The molecule has 3 aromatic carbocycles. The van der Waals surface area contributed by atoms with Crippen LogP contribution >= 0.6 is 11.8 Å². The van der Waals surface area contributed by atoms with Crippen LogP contribution in [0.2, 0.25) is 0 Å². The minimum atomic E-state index is -0.783. The molecule has 29 heavy (non-hydrogen) atoms. The number of rotatable bonds is 9. The maximum absolute atomic E-state index is 11.8. The fraction of sp³-hybridized carbons (Fsp3) is 0.240. The minimum absolute atomic E-state index is 0.00467. The Hall–Kier alpha value is -2.56. The molecule has 0 aliphatic rings. The van der Waals surface area contributed by atoms with Crippen LogP contribution in [0.1, 0.15) is 30.0 Å². The molecule has 3 rings (SSSR count). The van der Waals surface area contributed by atoms with Crippen LogP contribution in [0.15, 0.2) is 91.0 Å². The van der Waals surface area contributed by atoms with Crippen LogP contribution in [0, 0.1) is 0 Å². The monoisotopic (exact) mass is 406 g/mol. The Bertz CT molecular complexity index is 785. The van der Waals surface area contributed by atoms with E-state index in [4.69, 9.17) is 4.74 Å². The van der Waals surface area contributed by atoms with Crippen LogP contribution in [0.5, 0.6) is 0 Å². The second kappa shape index (κ2) is 10.3. The fourth-order valence-corrected chi connectivity index (χ4v) is 4.93. The minimum Gasteiger partial charge on any atom is -0.466 e. The van der Waals surface area contributed by atoms with Gasteiger partial charge in [0.1, 0.15) is 0 Å². The molecule has 0 bridgehead atoms. The van der Waals surface area contributed by atoms with Crippen molar-refractivity contribution in [2.24, 2.45) is 0 Å². The Morgan fingerprint density at radius 1 is 0.862 bits per heavy atom. The lowest BCUT2D eigenvalue weighted by Crippen LogP contribution is -2.29. The van der Waals surface area contributed by atoms with Gasteiger partial charge in [-0.2, -0.15) is 0 Å². The maximum Gasteiger partial charge on any atom is 0.308 e. The zero-order chi connectivity index (χ0) is 20.5. The molecule has 150 valence electrons. The van der Waals surface area contributed by atoms with E-state index in [9.17, 15) is 9.90 Å². The first kappa shape index (κ1) is 21.2. The lowest BCUT2D eigenvalue weighted by atomic mass is 9.84. The van der Waals surface area contributed by atoms with Crippen molar-refractivity contribution in [1.82, 2.24) is 0 Å². The van der Waals surface area contributed by atoms with Gasteiger partial charge in [0.2, 0.25) is 0 Å². The molecular formula is C25H26O3S. The zero-order valence-corrected chi connectivity index (χ0v) is 17.3. The topological polar surface area (TPSA) is 46.5 Å². The number of carbonyl (C=O) groups is 1. The lowest BCUT2D eigenvalue weighted by molar-refractivity contribution is -0.144. The highest BCUT2D eigenvalue weighted by atomic mass is 32.2. The predicted octanol–water partition coefficient (Wildman–Crippen LogP) is 5.03. The van der Waals surface area contributed by atoms with E-state index in [2.05, 4.69) is 36.4 Å². The number of benzene rings is 3. The van der Waals surface area contributed by atoms with Gasteiger partial charge < -0.3 is 9.84 Å². The van der Waals surface area contributed by atoms with Gasteiger partial charge in [0.15, 0.2) is 0 Å². The molecule has 4 heteroatoms. The summed E-state index contributed by atoms with van der Waals surface area (Å²) in [6, 6.07) is 30.9. The largest absolute Gasteiger partial charge is 0.466 e. The Kier molecular flexibility index (Phi) is 7.50. The molecule has 1 unspecified atom stereocenters. The van der Waals surface area contributed by atoms with E-state index in [1.807, 2.05) is 54.6 Å². The normalized spacial score (nSPS) is 12.3. The van der Waals surface area contributed by atoms with E-state index in [1.54, 1.807) is 18.7 Å². The van der Waals surface area contributed by atoms with Crippen molar-refractivity contribution >= 4 is 17.7 Å². The molecule has 0 spiro atoms. The van der Waals surface area contributed by atoms with E-state index in [-0.39, 0.29) is 12.4 Å². The number of carbonyl (C=O) groups excluding carboxylic acids is 1. The SMILES string of the molecule is CCOC(=O)CC(O)CSC(c1ccccc1)(c1ccccc1)c1ccccc1. The highest BCUT2D eigenvalue weighted by Gasteiger charge is 2.37. The van der Waals surface area contributed by atoms with Crippen LogP contribution in [0.3, 0.4) is 0 Å². The van der Waals surface area contributed by atoms with Crippen molar-refractivity contribution in [2.45, 2.75) is 24.2 Å². The van der Waals surface area contributed by atoms with Gasteiger partial charge in [0, 0.05) is 5.75 Å². The molecule has 0 saturated carbocycles. The second-order valence-corrected chi connectivity index (χ2v) is 7.99. The summed E-state index contributed by atoms with van der Waals surface area (Å²) >= 11 is 1.64. The third kappa shape index (κ3) is 5.08. The molecule has 0 amide bonds. The van der Waals surface area contributed by atoms with Crippen LogP contribution in [-0.4, -0.2) is 29.5 Å². The van der Waals surface area contributed by atoms with Gasteiger partial charge in [-0.25, -0.2) is 0 Å². The number of esters is 1. The molecule has 3 nitrogen and oxygen atoms in total. The first-order valence-corrected chi connectivity index (χ1v) is 10.8. The third-order valence-corrected chi connectivity index (χ3v) is 6.43. The first-order chi connectivity index (χ1) is 14.2. The Balaban J connectivity index is 2.02. The summed E-state index contributed by atoms with van der Waals surface area (Å²) in [6.45, 7) is 2.09. The molecule has 0 saturated heterocycles. The van der Waals surface area contributed by atoms with Gasteiger partial charge >= 0.3 is 5.97 Å². The quantitative estimate of drug-likeness (QED) is 0.400. The van der Waals surface area contributed by atoms with Gasteiger partial charge in [-0.05, 0) is 23.6 Å². The highest BCUT2D eigenvalue weighted by molar-refractivity contribution is 8.00. The van der Waals surface area contributed by atoms with Crippen LogP contribution in [0.25, 0.3) is 0 Å². The Morgan fingerprint density at radius 3 is 1.66 bits per heavy atom. The molecular weight excluding hydrogens is 380 g/mol. The van der Waals surface area contributed by atoms with E-state index < -0.39 is 10.9 Å². The zero-order valence-electron chi connectivity index (χ0n) is 16.5. The van der Waals surface area contributed by atoms with Crippen molar-refractivity contribution in [3.8, 4) is 0 Å². The summed E-state index contributed by atoms with van der Waals surface area (Å²) in [4.78, 5) is 11.8. The van der Waals surface area contributed by atoms with Crippen LogP contribution < -0.4 is 0 Å². The van der Waals surface area contributed by atoms with Crippen LogP contribution in [-0.2, 0) is 14.3 Å². The molecule has 0 aliphatic heterocycles. The van der Waals surface area contributed by atoms with Crippen molar-refractivity contribution in [1.29, 1.82) is 0 Å². The Labute approximate surface area is 176 Å². The highest BCUT2D eigenvalue weighted by Crippen LogP contribution is 2.48. The van der Waals surface area contributed by atoms with Gasteiger partial charge in [0.25, 0.3) is 0 Å². The van der Waals surface area contributed by atoms with Crippen molar-refractivity contribution in [3.05, 3.63) is 108 Å². The smallest absolute Gasteiger partial charge is 0.308 e. The summed E-state index contributed by atoms with van der Waals surface area (Å²) in [5.74, 6) is 0.0302. The van der Waals surface area contributed by atoms with E-state index >= 15 is 0 Å². The summed E-state index contributed by atoms with van der Waals surface area (Å²) in [5, 5.41) is 10.5. The average Bonchev–Trinajstić information content (AvgIpc) is 2.76. The van der Waals surface area contributed by atoms with E-state index in [0.29, 0.717) is 12.4 Å². The molecule has 0 aliphatic carbocycles. The van der Waals surface area contributed by atoms with Gasteiger partial charge in [-0.1, -0.05) is 91.0 Å².